The molecule has 5 unspecified atom stereocenters. The maximum absolute atomic E-state index is 11.8. The monoisotopic (exact) mass is 1110 g/mol. The second kappa shape index (κ2) is 20.3. The van der Waals surface area contributed by atoms with Gasteiger partial charge in [0.25, 0.3) is 0 Å². The summed E-state index contributed by atoms with van der Waals surface area (Å²) in [4.78, 5) is 16.1. The molecule has 0 aromatic heterocycles. The first-order chi connectivity index (χ1) is 33.6. The van der Waals surface area contributed by atoms with Crippen molar-refractivity contribution in [2.75, 3.05) is 0 Å². The van der Waals surface area contributed by atoms with Gasteiger partial charge in [-0.15, -0.1) is 0 Å². The van der Waals surface area contributed by atoms with E-state index < -0.39 is 0 Å². The molecule has 3 aliphatic heterocycles. The molecule has 3 heterocycles. The van der Waals surface area contributed by atoms with Crippen molar-refractivity contribution >= 4 is 37.6 Å². The lowest BCUT2D eigenvalue weighted by Crippen LogP contribution is -2.44. The summed E-state index contributed by atoms with van der Waals surface area (Å²) in [6, 6.07) is 0. The smallest absolute Gasteiger partial charge is 0.136 e. The lowest BCUT2D eigenvalue weighted by molar-refractivity contribution is -0.130. The zero-order valence-corrected chi connectivity index (χ0v) is 49.0. The van der Waals surface area contributed by atoms with Gasteiger partial charge in [0.15, 0.2) is 0 Å². The standard InChI is InChI=1S/2C13H19BrO.C12H20O2.C12H18O2.C12H20O/c1-9-13(15-9)7-5-11-10(8-14)4-3-6-12(11,13)2;1-9(15)11-5-6-12-10(8-14)4-3-7-13(11,12)2;2*1-8-12(14-8)7-5-9-10(13)4-3-6-11(9,12)2;1-3-9-6-7-10-11(13)5-4-8-12(9,10)2/h8-9,11H,3-7H2,1-2H3;5,8-9,12,15H,3-4,6-7H2,1-2H3;8-10,13H,3-7H2,1-2H3;8-9H,3-7H2,1-2H3;3,10-11,13H,4-8H2,1-2H3/b2*10-8+;;;9-3-/t9-,11?,12-,13-;9-,12?,13+;8-,9?,10-,11-,12-;8-,9?,11-,12-;10?,11-,12+/m00000/s1. The van der Waals surface area contributed by atoms with E-state index in [1.807, 2.05) is 6.92 Å². The first-order valence-corrected chi connectivity index (χ1v) is 31.0. The van der Waals surface area contributed by atoms with E-state index in [1.165, 1.54) is 120 Å². The Morgan fingerprint density at radius 3 is 1.61 bits per heavy atom. The zero-order valence-electron chi connectivity index (χ0n) is 45.9. The second-order valence-corrected chi connectivity index (χ2v) is 27.7. The molecule has 0 amide bonds. The van der Waals surface area contributed by atoms with E-state index in [4.69, 9.17) is 14.2 Å². The number of fused-ring (bicyclic) bond motifs is 8. The minimum absolute atomic E-state index is 0.0313. The van der Waals surface area contributed by atoms with Gasteiger partial charge in [-0.3, -0.25) is 4.79 Å². The molecule has 9 saturated carbocycles. The van der Waals surface area contributed by atoms with E-state index >= 15 is 0 Å². The number of aliphatic hydroxyl groups is 3. The number of hydrogen-bond donors (Lipinski definition) is 3. The normalized spacial score (nSPS) is 52.4. The van der Waals surface area contributed by atoms with E-state index in [9.17, 15) is 20.1 Å². The van der Waals surface area contributed by atoms with Crippen molar-refractivity contribution in [3.63, 3.8) is 0 Å². The average molecular weight is 1110 g/mol. The number of ether oxygens (including phenoxy) is 3. The lowest BCUT2D eigenvalue weighted by Gasteiger charge is -2.42. The summed E-state index contributed by atoms with van der Waals surface area (Å²) < 4.78 is 17.7. The van der Waals surface area contributed by atoms with Crippen molar-refractivity contribution < 1.29 is 34.3 Å². The molecule has 13 rings (SSSR count). The molecule has 9 heteroatoms. The van der Waals surface area contributed by atoms with E-state index in [2.05, 4.69) is 116 Å². The van der Waals surface area contributed by atoms with Gasteiger partial charge >= 0.3 is 0 Å². The number of aliphatic hydroxyl groups excluding tert-OH is 3. The molecule has 19 atom stereocenters. The molecule has 13 aliphatic rings. The maximum atomic E-state index is 11.8. The summed E-state index contributed by atoms with van der Waals surface area (Å²) >= 11 is 7.02. The number of hydrogen-bond acceptors (Lipinski definition) is 7. The maximum Gasteiger partial charge on any atom is 0.136 e. The largest absolute Gasteiger partial charge is 0.393 e. The van der Waals surface area contributed by atoms with Crippen molar-refractivity contribution in [3.8, 4) is 0 Å². The van der Waals surface area contributed by atoms with Crippen LogP contribution in [0.5, 0.6) is 0 Å². The van der Waals surface area contributed by atoms with Crippen LogP contribution in [0.15, 0.2) is 44.4 Å². The Balaban J connectivity index is 0.000000110. The highest BCUT2D eigenvalue weighted by atomic mass is 79.9. The van der Waals surface area contributed by atoms with Crippen molar-refractivity contribution in [1.82, 2.24) is 0 Å². The first kappa shape index (κ1) is 55.1. The Morgan fingerprint density at radius 2 is 1.04 bits per heavy atom. The Bertz CT molecular complexity index is 2120. The lowest BCUT2D eigenvalue weighted by atomic mass is 9.63. The molecule has 3 spiro atoms. The fourth-order valence-electron chi connectivity index (χ4n) is 19.7. The van der Waals surface area contributed by atoms with Gasteiger partial charge < -0.3 is 29.5 Å². The molecular weight excluding hydrogens is 1020 g/mol. The molecule has 400 valence electrons. The zero-order chi connectivity index (χ0) is 51.2. The highest BCUT2D eigenvalue weighted by Gasteiger charge is 2.73. The Morgan fingerprint density at radius 1 is 0.577 bits per heavy atom. The molecule has 0 aromatic rings. The third-order valence-corrected chi connectivity index (χ3v) is 25.2. The third kappa shape index (κ3) is 8.87. The van der Waals surface area contributed by atoms with Crippen LogP contribution < -0.4 is 0 Å². The van der Waals surface area contributed by atoms with Crippen LogP contribution in [0.1, 0.15) is 223 Å². The number of ketones is 1. The van der Waals surface area contributed by atoms with Gasteiger partial charge in [-0.1, -0.05) is 102 Å². The summed E-state index contributed by atoms with van der Waals surface area (Å²) in [5, 5.41) is 29.8. The summed E-state index contributed by atoms with van der Waals surface area (Å²) in [7, 11) is 0. The van der Waals surface area contributed by atoms with Gasteiger partial charge in [0.05, 0.1) is 36.6 Å². The van der Waals surface area contributed by atoms with E-state index in [-0.39, 0.29) is 51.4 Å². The van der Waals surface area contributed by atoms with Gasteiger partial charge in [-0.25, -0.2) is 0 Å². The van der Waals surface area contributed by atoms with Crippen LogP contribution in [0.25, 0.3) is 0 Å². The molecule has 7 nitrogen and oxygen atoms in total. The average Bonchev–Trinajstić information content (AvgIpc) is 4.13. The van der Waals surface area contributed by atoms with Crippen molar-refractivity contribution in [2.24, 2.45) is 56.7 Å². The van der Waals surface area contributed by atoms with Crippen LogP contribution in [-0.4, -0.2) is 74.5 Å². The van der Waals surface area contributed by atoms with Crippen LogP contribution >= 0.6 is 31.9 Å². The molecule has 3 saturated heterocycles. The van der Waals surface area contributed by atoms with Crippen molar-refractivity contribution in [2.45, 2.75) is 277 Å². The van der Waals surface area contributed by atoms with Crippen LogP contribution in [0.4, 0.5) is 0 Å². The van der Waals surface area contributed by atoms with Gasteiger partial charge in [-0.2, -0.15) is 0 Å². The molecule has 0 aromatic carbocycles. The molecule has 0 radical (unpaired) electrons. The second-order valence-electron chi connectivity index (χ2n) is 26.8. The number of allylic oxidation sites excluding steroid dienone is 5. The summed E-state index contributed by atoms with van der Waals surface area (Å²) in [5.41, 5.74) is 7.91. The topological polar surface area (TPSA) is 115 Å². The Kier molecular flexibility index (Phi) is 15.8. The molecule has 12 fully saturated rings. The molecule has 10 aliphatic carbocycles. The summed E-state index contributed by atoms with van der Waals surface area (Å²) in [5.74, 6) is 3.25. The summed E-state index contributed by atoms with van der Waals surface area (Å²) in [6.45, 7) is 22.4. The van der Waals surface area contributed by atoms with E-state index in [0.29, 0.717) is 58.6 Å². The minimum atomic E-state index is -0.283. The fraction of sp³-hybridized carbons (Fsp3) is 0.855. The predicted molar refractivity (Wildman–Crippen MR) is 293 cm³/mol. The molecule has 3 N–H and O–H groups in total. The number of carbonyl (C=O) groups excluding carboxylic acids is 1. The van der Waals surface area contributed by atoms with Crippen LogP contribution in [0.2, 0.25) is 0 Å². The summed E-state index contributed by atoms with van der Waals surface area (Å²) in [6.07, 6.45) is 33.8. The molecule has 71 heavy (non-hydrogen) atoms. The third-order valence-electron chi connectivity index (χ3n) is 24.1. The fourth-order valence-corrected chi connectivity index (χ4v) is 20.8. The van der Waals surface area contributed by atoms with Crippen LogP contribution in [-0.2, 0) is 19.0 Å². The Labute approximate surface area is 447 Å². The van der Waals surface area contributed by atoms with Gasteiger partial charge in [0.1, 0.15) is 22.6 Å². The minimum Gasteiger partial charge on any atom is -0.393 e. The van der Waals surface area contributed by atoms with Gasteiger partial charge in [0, 0.05) is 28.6 Å². The van der Waals surface area contributed by atoms with Crippen molar-refractivity contribution in [3.05, 3.63) is 44.4 Å². The highest BCUT2D eigenvalue weighted by Crippen LogP contribution is 2.70. The first-order valence-electron chi connectivity index (χ1n) is 29.2. The van der Waals surface area contributed by atoms with Gasteiger partial charge in [-0.05, 0) is 226 Å². The highest BCUT2D eigenvalue weighted by molar-refractivity contribution is 9.11. The number of carbonyl (C=O) groups is 1. The quantitative estimate of drug-likeness (QED) is 0.177. The van der Waals surface area contributed by atoms with Crippen LogP contribution in [0.3, 0.4) is 0 Å². The number of Topliss-reactive ketones (excluding diaryl/α,β-unsaturated/α-hetero) is 1. The number of epoxide rings is 3. The Hall–Kier alpha value is -0.650. The van der Waals surface area contributed by atoms with Crippen LogP contribution in [0, 0.1) is 56.7 Å². The van der Waals surface area contributed by atoms with E-state index in [0.717, 1.165) is 50.9 Å². The van der Waals surface area contributed by atoms with Gasteiger partial charge in [0.2, 0.25) is 0 Å². The molecular formula is C62H96Br2O7. The van der Waals surface area contributed by atoms with Crippen molar-refractivity contribution in [1.29, 1.82) is 0 Å². The molecule has 0 bridgehead atoms. The number of rotatable bonds is 1. The van der Waals surface area contributed by atoms with E-state index in [1.54, 1.807) is 11.1 Å². The predicted octanol–water partition coefficient (Wildman–Crippen LogP) is 15.1. The SMILES string of the molecule is C/C=C1/CCC2[C@@H](O)CCC[C@]12C.C[C@@H]1O[C@@]12CCC1/C(=C/Br)CCC[C@@]12C.C[C@@H]1O[C@@]12CCC1C(=O)CCC[C@@]12C.C[C@@H]1O[C@@]12CCC1[C@@H](O)CCC[C@@]12C.C[C@H](O)C1=CCC2/C(=C/Br)CCC[C@]12C. The number of halogens is 2.